The second-order valence-corrected chi connectivity index (χ2v) is 4.98. The summed E-state index contributed by atoms with van der Waals surface area (Å²) in [6, 6.07) is 4.95. The molecule has 3 nitrogen and oxygen atoms in total. The van der Waals surface area contributed by atoms with Crippen LogP contribution in [0.3, 0.4) is 0 Å². The van der Waals surface area contributed by atoms with Crippen LogP contribution in [-0.2, 0) is 9.31 Å². The van der Waals surface area contributed by atoms with Crippen molar-refractivity contribution in [3.63, 3.8) is 0 Å². The maximum absolute atomic E-state index is 14.0. The summed E-state index contributed by atoms with van der Waals surface area (Å²) in [6.45, 7) is 5.19. The van der Waals surface area contributed by atoms with Crippen LogP contribution in [-0.4, -0.2) is 27.4 Å². The fraction of sp³-hybridized carbons (Fsp3) is 0.500. The van der Waals surface area contributed by atoms with Gasteiger partial charge in [-0.05, 0) is 6.07 Å². The van der Waals surface area contributed by atoms with Gasteiger partial charge in [-0.1, -0.05) is 26.0 Å². The van der Waals surface area contributed by atoms with Gasteiger partial charge in [0.05, 0.1) is 7.11 Å². The summed E-state index contributed by atoms with van der Waals surface area (Å²) in [4.78, 5) is 0. The summed E-state index contributed by atoms with van der Waals surface area (Å²) in [5.74, 6) is -0.209. The highest BCUT2D eigenvalue weighted by Crippen LogP contribution is 2.23. The Kier molecular flexibility index (Phi) is 3.40. The van der Waals surface area contributed by atoms with E-state index in [1.165, 1.54) is 7.11 Å². The number of ether oxygens (including phenoxy) is 1. The minimum absolute atomic E-state index is 0.0220. The average Bonchev–Trinajstić information content (AvgIpc) is 2.30. The lowest BCUT2D eigenvalue weighted by Gasteiger charge is -2.33. The highest BCUT2D eigenvalue weighted by atomic mass is 19.1. The van der Waals surface area contributed by atoms with E-state index in [9.17, 15) is 4.39 Å². The molecule has 1 fully saturated rings. The van der Waals surface area contributed by atoms with Crippen molar-refractivity contribution < 1.29 is 18.4 Å². The fourth-order valence-corrected chi connectivity index (χ4v) is 1.74. The van der Waals surface area contributed by atoms with Gasteiger partial charge in [-0.25, -0.2) is 4.39 Å². The predicted molar refractivity (Wildman–Crippen MR) is 64.0 cm³/mol. The Hall–Kier alpha value is -1.07. The molecule has 1 aromatic rings. The first-order valence-corrected chi connectivity index (χ1v) is 5.59. The third-order valence-electron chi connectivity index (χ3n) is 2.72. The molecule has 0 atom stereocenters. The van der Waals surface area contributed by atoms with Gasteiger partial charge >= 0.3 is 7.12 Å². The molecule has 92 valence electrons. The van der Waals surface area contributed by atoms with Crippen molar-refractivity contribution in [3.05, 3.63) is 24.0 Å². The van der Waals surface area contributed by atoms with Crippen molar-refractivity contribution in [1.82, 2.24) is 0 Å². The molecular weight excluding hydrogens is 222 g/mol. The van der Waals surface area contributed by atoms with Crippen LogP contribution in [0.15, 0.2) is 18.2 Å². The van der Waals surface area contributed by atoms with E-state index in [0.29, 0.717) is 18.7 Å². The normalized spacial score (nSPS) is 19.2. The molecule has 0 spiro atoms. The van der Waals surface area contributed by atoms with E-state index < -0.39 is 12.9 Å². The number of methoxy groups -OCH3 is 1. The van der Waals surface area contributed by atoms with Crippen LogP contribution < -0.4 is 10.2 Å². The number of hydrogen-bond acceptors (Lipinski definition) is 3. The van der Waals surface area contributed by atoms with E-state index in [1.54, 1.807) is 18.2 Å². The van der Waals surface area contributed by atoms with Gasteiger partial charge in [0.1, 0.15) is 0 Å². The first-order valence-electron chi connectivity index (χ1n) is 5.59. The number of rotatable bonds is 2. The summed E-state index contributed by atoms with van der Waals surface area (Å²) in [5, 5.41) is 0. The Morgan fingerprint density at radius 3 is 2.53 bits per heavy atom. The molecule has 0 aliphatic carbocycles. The molecule has 1 aliphatic rings. The van der Waals surface area contributed by atoms with Crippen molar-refractivity contribution in [2.75, 3.05) is 20.3 Å². The molecular formula is C12H16BFO3. The minimum atomic E-state index is -0.641. The zero-order valence-corrected chi connectivity index (χ0v) is 10.3. The first kappa shape index (κ1) is 12.4. The van der Waals surface area contributed by atoms with Gasteiger partial charge in [0.2, 0.25) is 0 Å². The summed E-state index contributed by atoms with van der Waals surface area (Å²) >= 11 is 0. The Labute approximate surface area is 101 Å². The standard InChI is InChI=1S/C12H16BFO3/c1-12(2)7-16-13(17-8-12)9-5-4-6-10(15-3)11(9)14/h4-6H,7-8H2,1-3H3. The quantitative estimate of drug-likeness (QED) is 0.732. The van der Waals surface area contributed by atoms with E-state index in [2.05, 4.69) is 0 Å². The average molecular weight is 238 g/mol. The molecule has 1 saturated heterocycles. The molecule has 0 unspecified atom stereocenters. The molecule has 0 amide bonds. The highest BCUT2D eigenvalue weighted by molar-refractivity contribution is 6.61. The lowest BCUT2D eigenvalue weighted by Crippen LogP contribution is -2.48. The monoisotopic (exact) mass is 238 g/mol. The Morgan fingerprint density at radius 1 is 1.29 bits per heavy atom. The van der Waals surface area contributed by atoms with Crippen molar-refractivity contribution in [2.45, 2.75) is 13.8 Å². The highest BCUT2D eigenvalue weighted by Gasteiger charge is 2.35. The van der Waals surface area contributed by atoms with E-state index in [4.69, 9.17) is 14.0 Å². The number of halogens is 1. The van der Waals surface area contributed by atoms with E-state index >= 15 is 0 Å². The summed E-state index contributed by atoms with van der Waals surface area (Å²) in [7, 11) is 0.798. The van der Waals surface area contributed by atoms with Gasteiger partial charge in [-0.3, -0.25) is 0 Å². The van der Waals surface area contributed by atoms with Crippen LogP contribution in [0.1, 0.15) is 13.8 Å². The lowest BCUT2D eigenvalue weighted by atomic mass is 9.75. The van der Waals surface area contributed by atoms with Crippen molar-refractivity contribution >= 4 is 12.6 Å². The molecule has 1 heterocycles. The molecule has 0 N–H and O–H groups in total. The van der Waals surface area contributed by atoms with Crippen molar-refractivity contribution in [1.29, 1.82) is 0 Å². The Morgan fingerprint density at radius 2 is 1.94 bits per heavy atom. The molecule has 0 radical (unpaired) electrons. The van der Waals surface area contributed by atoms with Gasteiger partial charge in [0, 0.05) is 24.1 Å². The van der Waals surface area contributed by atoms with Crippen LogP contribution in [0, 0.1) is 11.2 Å². The lowest BCUT2D eigenvalue weighted by molar-refractivity contribution is 0.0340. The Balaban J connectivity index is 2.19. The summed E-state index contributed by atoms with van der Waals surface area (Å²) < 4.78 is 30.0. The van der Waals surface area contributed by atoms with Crippen LogP contribution >= 0.6 is 0 Å². The summed E-state index contributed by atoms with van der Waals surface area (Å²) in [6.07, 6.45) is 0. The number of hydrogen-bond donors (Lipinski definition) is 0. The van der Waals surface area contributed by atoms with E-state index in [-0.39, 0.29) is 11.2 Å². The molecule has 5 heteroatoms. The topological polar surface area (TPSA) is 27.7 Å². The van der Waals surface area contributed by atoms with Gasteiger partial charge in [0.15, 0.2) is 11.6 Å². The zero-order chi connectivity index (χ0) is 12.5. The van der Waals surface area contributed by atoms with Gasteiger partial charge < -0.3 is 14.0 Å². The molecule has 2 rings (SSSR count). The third kappa shape index (κ3) is 2.61. The Bertz CT molecular complexity index is 399. The van der Waals surface area contributed by atoms with Crippen LogP contribution in [0.5, 0.6) is 5.75 Å². The summed E-state index contributed by atoms with van der Waals surface area (Å²) in [5.41, 5.74) is 0.367. The molecule has 1 aliphatic heterocycles. The van der Waals surface area contributed by atoms with Gasteiger partial charge in [0.25, 0.3) is 0 Å². The smallest absolute Gasteiger partial charge is 0.494 e. The van der Waals surface area contributed by atoms with Gasteiger partial charge in [-0.15, -0.1) is 0 Å². The van der Waals surface area contributed by atoms with E-state index in [1.807, 2.05) is 13.8 Å². The largest absolute Gasteiger partial charge is 0.497 e. The third-order valence-corrected chi connectivity index (χ3v) is 2.72. The predicted octanol–water partition coefficient (Wildman–Crippen LogP) is 1.60. The molecule has 0 bridgehead atoms. The van der Waals surface area contributed by atoms with E-state index in [0.717, 1.165) is 0 Å². The fourth-order valence-electron chi connectivity index (χ4n) is 1.74. The SMILES string of the molecule is COc1cccc(B2OCC(C)(C)CO2)c1F. The minimum Gasteiger partial charge on any atom is -0.494 e. The van der Waals surface area contributed by atoms with Crippen LogP contribution in [0.25, 0.3) is 0 Å². The molecule has 17 heavy (non-hydrogen) atoms. The second kappa shape index (κ2) is 4.66. The maximum atomic E-state index is 14.0. The first-order chi connectivity index (χ1) is 8.03. The zero-order valence-electron chi connectivity index (χ0n) is 10.3. The van der Waals surface area contributed by atoms with Crippen molar-refractivity contribution in [3.8, 4) is 5.75 Å². The van der Waals surface area contributed by atoms with Gasteiger partial charge in [-0.2, -0.15) is 0 Å². The molecule has 0 aromatic heterocycles. The van der Waals surface area contributed by atoms with Crippen molar-refractivity contribution in [2.24, 2.45) is 5.41 Å². The van der Waals surface area contributed by atoms with Crippen LogP contribution in [0.2, 0.25) is 0 Å². The number of benzene rings is 1. The molecule has 0 saturated carbocycles. The molecule has 1 aromatic carbocycles. The van der Waals surface area contributed by atoms with Crippen LogP contribution in [0.4, 0.5) is 4.39 Å². The second-order valence-electron chi connectivity index (χ2n) is 4.98. The maximum Gasteiger partial charge on any atom is 0.497 e.